The molecule has 0 bridgehead atoms. The highest BCUT2D eigenvalue weighted by Gasteiger charge is 2.28. The number of hydrogen-bond acceptors (Lipinski definition) is 4. The summed E-state index contributed by atoms with van der Waals surface area (Å²) in [5, 5.41) is 0.482. The normalized spacial score (nSPS) is 12.1. The van der Waals surface area contributed by atoms with Gasteiger partial charge >= 0.3 is 0 Å². The van der Waals surface area contributed by atoms with Crippen LogP contribution in [0.15, 0.2) is 64.4 Å². The summed E-state index contributed by atoms with van der Waals surface area (Å²) in [5.74, 6) is 0. The molecule has 2 aromatic carbocycles. The lowest BCUT2D eigenvalue weighted by Crippen LogP contribution is -2.18. The van der Waals surface area contributed by atoms with Crippen LogP contribution in [-0.4, -0.2) is 20.8 Å². The Kier molecular flexibility index (Phi) is 5.51. The zero-order valence-corrected chi connectivity index (χ0v) is 18.0. The molecule has 1 aromatic heterocycles. The van der Waals surface area contributed by atoms with E-state index in [9.17, 15) is 16.8 Å². The number of nitrogens with zero attached hydrogens (tertiary/aromatic N) is 1. The molecule has 0 unspecified atom stereocenters. The number of nitrogens with one attached hydrogen (secondary N) is 1. The maximum atomic E-state index is 13.0. The summed E-state index contributed by atoms with van der Waals surface area (Å²) in [4.78, 5) is -0.0752. The molecule has 0 atom stereocenters. The minimum atomic E-state index is -4.05. The average molecular weight is 459 g/mol. The standard InChI is InChI=1S/C18H16Cl2N2O4S2/c1-12-10-18(27(23,24)21-14-8-9-16(19)17(20)11-14)13(2)22(12)28(25,26)15-6-4-3-5-7-15/h3-11,21H,1-2H3. The van der Waals surface area contributed by atoms with Gasteiger partial charge in [-0.05, 0) is 50.2 Å². The molecule has 0 aliphatic heterocycles. The Labute approximate surface area is 173 Å². The number of anilines is 1. The second-order valence-electron chi connectivity index (χ2n) is 6.05. The molecule has 0 spiro atoms. The monoisotopic (exact) mass is 458 g/mol. The third-order valence-corrected chi connectivity index (χ3v) is 8.21. The molecule has 10 heteroatoms. The largest absolute Gasteiger partial charge is 0.280 e. The van der Waals surface area contributed by atoms with Gasteiger partial charge in [0, 0.05) is 5.69 Å². The van der Waals surface area contributed by atoms with Gasteiger partial charge in [-0.15, -0.1) is 0 Å². The summed E-state index contributed by atoms with van der Waals surface area (Å²) < 4.78 is 55.1. The Balaban J connectivity index is 2.07. The molecule has 0 radical (unpaired) electrons. The first-order valence-electron chi connectivity index (χ1n) is 8.01. The van der Waals surface area contributed by atoms with E-state index in [1.165, 1.54) is 50.2 Å². The molecular formula is C18H16Cl2N2O4S2. The van der Waals surface area contributed by atoms with Gasteiger partial charge in [-0.1, -0.05) is 41.4 Å². The number of benzene rings is 2. The van der Waals surface area contributed by atoms with Gasteiger partial charge in [-0.3, -0.25) is 4.72 Å². The van der Waals surface area contributed by atoms with Crippen LogP contribution in [0.25, 0.3) is 0 Å². The fraction of sp³-hybridized carbons (Fsp3) is 0.111. The molecule has 0 fully saturated rings. The third-order valence-electron chi connectivity index (χ3n) is 4.06. The first-order chi connectivity index (χ1) is 13.0. The van der Waals surface area contributed by atoms with Crippen molar-refractivity contribution in [3.05, 3.63) is 76.0 Å². The van der Waals surface area contributed by atoms with E-state index in [4.69, 9.17) is 23.2 Å². The fourth-order valence-electron chi connectivity index (χ4n) is 2.83. The lowest BCUT2D eigenvalue weighted by Gasteiger charge is -2.12. The maximum Gasteiger partial charge on any atom is 0.268 e. The second-order valence-corrected chi connectivity index (χ2v) is 10.3. The van der Waals surface area contributed by atoms with Crippen molar-refractivity contribution in [3.8, 4) is 0 Å². The lowest BCUT2D eigenvalue weighted by atomic mass is 10.3. The van der Waals surface area contributed by atoms with Crippen molar-refractivity contribution in [2.75, 3.05) is 4.72 Å². The summed E-state index contributed by atoms with van der Waals surface area (Å²) in [6.45, 7) is 2.97. The Bertz CT molecular complexity index is 1250. The van der Waals surface area contributed by atoms with Crippen LogP contribution in [0.3, 0.4) is 0 Å². The van der Waals surface area contributed by atoms with Gasteiger partial charge in [0.25, 0.3) is 20.0 Å². The number of aromatic nitrogens is 1. The maximum absolute atomic E-state index is 13.0. The highest BCUT2D eigenvalue weighted by Crippen LogP contribution is 2.29. The second kappa shape index (κ2) is 7.44. The minimum absolute atomic E-state index is 0.0678. The molecule has 0 aliphatic carbocycles. The number of hydrogen-bond donors (Lipinski definition) is 1. The smallest absolute Gasteiger partial charge is 0.268 e. The van der Waals surface area contributed by atoms with Crippen LogP contribution in [-0.2, 0) is 20.0 Å². The molecule has 28 heavy (non-hydrogen) atoms. The van der Waals surface area contributed by atoms with Crippen LogP contribution in [0.4, 0.5) is 5.69 Å². The number of rotatable bonds is 5. The van der Waals surface area contributed by atoms with Crippen LogP contribution in [0, 0.1) is 13.8 Å². The van der Waals surface area contributed by atoms with Crippen LogP contribution in [0.5, 0.6) is 0 Å². The fourth-order valence-corrected chi connectivity index (χ4v) is 6.14. The molecule has 3 aromatic rings. The SMILES string of the molecule is Cc1cc(S(=O)(=O)Nc2ccc(Cl)c(Cl)c2)c(C)n1S(=O)(=O)c1ccccc1. The Morgan fingerprint density at radius 3 is 2.11 bits per heavy atom. The van der Waals surface area contributed by atoms with Gasteiger partial charge in [0.2, 0.25) is 0 Å². The van der Waals surface area contributed by atoms with Gasteiger partial charge < -0.3 is 0 Å². The van der Waals surface area contributed by atoms with E-state index in [1.54, 1.807) is 18.2 Å². The molecule has 148 valence electrons. The summed E-state index contributed by atoms with van der Waals surface area (Å²) >= 11 is 11.8. The van der Waals surface area contributed by atoms with Crippen LogP contribution < -0.4 is 4.72 Å². The first-order valence-corrected chi connectivity index (χ1v) is 11.7. The Hall–Kier alpha value is -2.00. The third kappa shape index (κ3) is 3.77. The van der Waals surface area contributed by atoms with Gasteiger partial charge in [0.1, 0.15) is 4.90 Å². The van der Waals surface area contributed by atoms with Crippen LogP contribution >= 0.6 is 23.2 Å². The van der Waals surface area contributed by atoms with Gasteiger partial charge in [-0.25, -0.2) is 20.8 Å². The zero-order valence-electron chi connectivity index (χ0n) is 14.8. The van der Waals surface area contributed by atoms with E-state index in [0.717, 1.165) is 3.97 Å². The molecule has 1 N–H and O–H groups in total. The van der Waals surface area contributed by atoms with Crippen molar-refractivity contribution in [2.24, 2.45) is 0 Å². The van der Waals surface area contributed by atoms with Gasteiger partial charge in [0.05, 0.1) is 26.3 Å². The van der Waals surface area contributed by atoms with Crippen molar-refractivity contribution in [2.45, 2.75) is 23.6 Å². The molecular weight excluding hydrogens is 443 g/mol. The summed E-state index contributed by atoms with van der Waals surface area (Å²) in [5.41, 5.74) is 0.565. The summed E-state index contributed by atoms with van der Waals surface area (Å²) in [6, 6.07) is 13.4. The zero-order chi connectivity index (χ0) is 20.7. The van der Waals surface area contributed by atoms with Gasteiger partial charge in [-0.2, -0.15) is 0 Å². The molecule has 0 saturated heterocycles. The van der Waals surface area contributed by atoms with Crippen molar-refractivity contribution in [1.29, 1.82) is 0 Å². The summed E-state index contributed by atoms with van der Waals surface area (Å²) in [7, 11) is -7.99. The van der Waals surface area contributed by atoms with E-state index in [1.807, 2.05) is 0 Å². The Morgan fingerprint density at radius 2 is 1.50 bits per heavy atom. The predicted octanol–water partition coefficient (Wildman–Crippen LogP) is 4.45. The molecule has 3 rings (SSSR count). The van der Waals surface area contributed by atoms with Gasteiger partial charge in [0.15, 0.2) is 0 Å². The van der Waals surface area contributed by atoms with E-state index in [0.29, 0.717) is 0 Å². The van der Waals surface area contributed by atoms with Crippen molar-refractivity contribution >= 4 is 48.9 Å². The van der Waals surface area contributed by atoms with Crippen molar-refractivity contribution < 1.29 is 16.8 Å². The number of sulfonamides is 1. The topological polar surface area (TPSA) is 85.2 Å². The quantitative estimate of drug-likeness (QED) is 0.611. The highest BCUT2D eigenvalue weighted by molar-refractivity contribution is 7.93. The van der Waals surface area contributed by atoms with E-state index in [2.05, 4.69) is 4.72 Å². The van der Waals surface area contributed by atoms with E-state index < -0.39 is 20.0 Å². The highest BCUT2D eigenvalue weighted by atomic mass is 35.5. The lowest BCUT2D eigenvalue weighted by molar-refractivity contribution is 0.584. The van der Waals surface area contributed by atoms with Crippen LogP contribution in [0.2, 0.25) is 10.0 Å². The molecule has 0 amide bonds. The van der Waals surface area contributed by atoms with Crippen molar-refractivity contribution in [3.63, 3.8) is 0 Å². The number of halogens is 2. The Morgan fingerprint density at radius 1 is 0.857 bits per heavy atom. The first kappa shape index (κ1) is 20.7. The predicted molar refractivity (Wildman–Crippen MR) is 110 cm³/mol. The minimum Gasteiger partial charge on any atom is -0.280 e. The number of aryl methyl sites for hydroxylation is 1. The average Bonchev–Trinajstić information content (AvgIpc) is 2.94. The molecule has 0 aliphatic rings. The molecule has 1 heterocycles. The van der Waals surface area contributed by atoms with E-state index >= 15 is 0 Å². The summed E-state index contributed by atoms with van der Waals surface area (Å²) in [6.07, 6.45) is 0. The molecule has 6 nitrogen and oxygen atoms in total. The van der Waals surface area contributed by atoms with E-state index in [-0.39, 0.29) is 36.9 Å². The van der Waals surface area contributed by atoms with Crippen LogP contribution in [0.1, 0.15) is 11.4 Å². The molecule has 0 saturated carbocycles. The van der Waals surface area contributed by atoms with Crippen molar-refractivity contribution in [1.82, 2.24) is 3.97 Å².